The second kappa shape index (κ2) is 6.87. The van der Waals surface area contributed by atoms with Crippen LogP contribution in [0, 0.1) is 0 Å². The van der Waals surface area contributed by atoms with Crippen molar-refractivity contribution in [3.05, 3.63) is 61.2 Å². The minimum absolute atomic E-state index is 0.00209. The van der Waals surface area contributed by atoms with Crippen LogP contribution in [0.2, 0.25) is 0 Å². The van der Waals surface area contributed by atoms with Crippen molar-refractivity contribution in [2.75, 3.05) is 28.7 Å². The second-order valence-electron chi connectivity index (χ2n) is 5.21. The summed E-state index contributed by atoms with van der Waals surface area (Å²) >= 11 is 0. The highest BCUT2D eigenvalue weighted by atomic mass is 16.5. The molecule has 0 radical (unpaired) electrons. The molecule has 6 nitrogen and oxygen atoms in total. The minimum atomic E-state index is -0.362. The van der Waals surface area contributed by atoms with Gasteiger partial charge in [-0.15, -0.1) is 6.58 Å². The number of urea groups is 1. The van der Waals surface area contributed by atoms with Gasteiger partial charge in [-0.3, -0.25) is 4.79 Å². The van der Waals surface area contributed by atoms with Crippen molar-refractivity contribution in [2.45, 2.75) is 0 Å². The third-order valence-electron chi connectivity index (χ3n) is 3.50. The molecule has 1 aliphatic heterocycles. The topological polar surface area (TPSA) is 70.7 Å². The monoisotopic (exact) mass is 323 g/mol. The summed E-state index contributed by atoms with van der Waals surface area (Å²) < 4.78 is 5.41. The van der Waals surface area contributed by atoms with Crippen molar-refractivity contribution in [1.82, 2.24) is 0 Å². The Morgan fingerprint density at radius 2 is 1.92 bits per heavy atom. The Balaban J connectivity index is 1.76. The maximum Gasteiger partial charge on any atom is 0.323 e. The lowest BCUT2D eigenvalue weighted by molar-refractivity contribution is -0.121. The Bertz CT molecular complexity index is 774. The number of para-hydroxylation sites is 1. The fourth-order valence-corrected chi connectivity index (χ4v) is 2.42. The molecule has 0 saturated heterocycles. The molecule has 0 saturated carbocycles. The highest BCUT2D eigenvalue weighted by molar-refractivity contribution is 6.02. The zero-order valence-electron chi connectivity index (χ0n) is 13.0. The summed E-state index contributed by atoms with van der Waals surface area (Å²) in [6.45, 7) is 4.05. The van der Waals surface area contributed by atoms with E-state index in [1.807, 2.05) is 18.2 Å². The normalized spacial score (nSPS) is 12.8. The number of rotatable bonds is 4. The molecule has 0 aromatic heterocycles. The number of benzene rings is 2. The molecule has 2 aromatic rings. The van der Waals surface area contributed by atoms with Gasteiger partial charge in [-0.2, -0.15) is 0 Å². The molecule has 2 N–H and O–H groups in total. The van der Waals surface area contributed by atoms with Gasteiger partial charge in [0, 0.05) is 17.9 Å². The van der Waals surface area contributed by atoms with Gasteiger partial charge in [0.1, 0.15) is 5.75 Å². The summed E-state index contributed by atoms with van der Waals surface area (Å²) in [5, 5.41) is 5.49. The van der Waals surface area contributed by atoms with Crippen LogP contribution in [0.1, 0.15) is 0 Å². The molecule has 1 aliphatic rings. The zero-order chi connectivity index (χ0) is 16.9. The number of fused-ring (bicyclic) bond motifs is 1. The fourth-order valence-electron chi connectivity index (χ4n) is 2.42. The summed E-state index contributed by atoms with van der Waals surface area (Å²) in [6.07, 6.45) is 1.65. The molecule has 0 aliphatic carbocycles. The molecule has 0 fully saturated rings. The number of carbonyl (C=O) groups is 2. The molecule has 0 atom stereocenters. The number of hydrogen-bond donors (Lipinski definition) is 2. The summed E-state index contributed by atoms with van der Waals surface area (Å²) in [4.78, 5) is 25.6. The van der Waals surface area contributed by atoms with E-state index in [1.165, 1.54) is 0 Å². The van der Waals surface area contributed by atoms with Gasteiger partial charge in [-0.05, 0) is 30.3 Å². The summed E-state index contributed by atoms with van der Waals surface area (Å²) in [7, 11) is 0. The van der Waals surface area contributed by atoms with Gasteiger partial charge in [0.15, 0.2) is 6.61 Å². The highest BCUT2D eigenvalue weighted by Gasteiger charge is 2.24. The maximum absolute atomic E-state index is 12.1. The third kappa shape index (κ3) is 3.38. The van der Waals surface area contributed by atoms with Crippen LogP contribution in [0.25, 0.3) is 0 Å². The van der Waals surface area contributed by atoms with Crippen molar-refractivity contribution < 1.29 is 14.3 Å². The van der Waals surface area contributed by atoms with Gasteiger partial charge in [0.25, 0.3) is 5.91 Å². The maximum atomic E-state index is 12.1. The molecule has 3 rings (SSSR count). The van der Waals surface area contributed by atoms with E-state index in [2.05, 4.69) is 17.2 Å². The first-order valence-electron chi connectivity index (χ1n) is 7.48. The molecule has 122 valence electrons. The van der Waals surface area contributed by atoms with Crippen LogP contribution >= 0.6 is 0 Å². The van der Waals surface area contributed by atoms with E-state index in [-0.39, 0.29) is 18.5 Å². The number of amides is 3. The van der Waals surface area contributed by atoms with E-state index in [9.17, 15) is 9.59 Å². The molecule has 24 heavy (non-hydrogen) atoms. The van der Waals surface area contributed by atoms with Gasteiger partial charge >= 0.3 is 6.03 Å². The van der Waals surface area contributed by atoms with Crippen LogP contribution in [0.15, 0.2) is 61.2 Å². The Morgan fingerprint density at radius 1 is 1.17 bits per heavy atom. The Morgan fingerprint density at radius 3 is 2.67 bits per heavy atom. The fraction of sp³-hybridized carbons (Fsp3) is 0.111. The Labute approximate surface area is 139 Å². The predicted molar refractivity (Wildman–Crippen MR) is 93.6 cm³/mol. The lowest BCUT2D eigenvalue weighted by atomic mass is 10.2. The quantitative estimate of drug-likeness (QED) is 0.849. The van der Waals surface area contributed by atoms with Gasteiger partial charge in [-0.25, -0.2) is 4.79 Å². The number of nitrogens with one attached hydrogen (secondary N) is 2. The summed E-state index contributed by atoms with van der Waals surface area (Å²) in [6, 6.07) is 13.9. The lowest BCUT2D eigenvalue weighted by Gasteiger charge is -2.28. The van der Waals surface area contributed by atoms with Crippen molar-refractivity contribution in [2.24, 2.45) is 0 Å². The van der Waals surface area contributed by atoms with Crippen LogP contribution < -0.4 is 20.3 Å². The van der Waals surface area contributed by atoms with Crippen LogP contribution in [-0.4, -0.2) is 25.1 Å². The SMILES string of the molecule is C=CCN1C(=O)COc2ccc(NC(=O)Nc3ccccc3)cc21. The average Bonchev–Trinajstić information content (AvgIpc) is 2.58. The smallest absolute Gasteiger partial charge is 0.323 e. The van der Waals surface area contributed by atoms with E-state index in [0.29, 0.717) is 29.4 Å². The van der Waals surface area contributed by atoms with Crippen LogP contribution in [-0.2, 0) is 4.79 Å². The third-order valence-corrected chi connectivity index (χ3v) is 3.50. The van der Waals surface area contributed by atoms with E-state index in [0.717, 1.165) is 0 Å². The molecule has 0 bridgehead atoms. The molecule has 6 heteroatoms. The Hall–Kier alpha value is -3.28. The number of anilines is 3. The van der Waals surface area contributed by atoms with E-state index < -0.39 is 0 Å². The van der Waals surface area contributed by atoms with Crippen LogP contribution in [0.4, 0.5) is 21.9 Å². The molecule has 1 heterocycles. The van der Waals surface area contributed by atoms with Crippen molar-refractivity contribution in [1.29, 1.82) is 0 Å². The Kier molecular flexibility index (Phi) is 4.47. The van der Waals surface area contributed by atoms with Crippen LogP contribution in [0.5, 0.6) is 5.75 Å². The first-order chi connectivity index (χ1) is 11.7. The number of nitrogens with zero attached hydrogens (tertiary/aromatic N) is 1. The average molecular weight is 323 g/mol. The van der Waals surface area contributed by atoms with E-state index >= 15 is 0 Å². The zero-order valence-corrected chi connectivity index (χ0v) is 13.0. The number of carbonyl (C=O) groups excluding carboxylic acids is 2. The van der Waals surface area contributed by atoms with Crippen LogP contribution in [0.3, 0.4) is 0 Å². The van der Waals surface area contributed by atoms with Crippen molar-refractivity contribution in [3.8, 4) is 5.75 Å². The van der Waals surface area contributed by atoms with E-state index in [4.69, 9.17) is 4.74 Å². The molecular formula is C18H17N3O3. The first-order valence-corrected chi connectivity index (χ1v) is 7.48. The minimum Gasteiger partial charge on any atom is -0.482 e. The van der Waals surface area contributed by atoms with Crippen molar-refractivity contribution in [3.63, 3.8) is 0 Å². The summed E-state index contributed by atoms with van der Waals surface area (Å²) in [5.74, 6) is 0.457. The molecule has 3 amide bonds. The standard InChI is InChI=1S/C18H17N3O3/c1-2-10-21-15-11-14(8-9-16(15)24-12-17(21)22)20-18(23)19-13-6-4-3-5-7-13/h2-9,11H,1,10,12H2,(H2,19,20,23). The number of hydrogen-bond acceptors (Lipinski definition) is 3. The van der Waals surface area contributed by atoms with Gasteiger partial charge in [-0.1, -0.05) is 24.3 Å². The molecule has 0 unspecified atom stereocenters. The van der Waals surface area contributed by atoms with E-state index in [1.54, 1.807) is 41.3 Å². The second-order valence-corrected chi connectivity index (χ2v) is 5.21. The molecule has 0 spiro atoms. The summed E-state index contributed by atoms with van der Waals surface area (Å²) in [5.41, 5.74) is 1.87. The van der Waals surface area contributed by atoms with Gasteiger partial charge < -0.3 is 20.3 Å². The first kappa shape index (κ1) is 15.6. The highest BCUT2D eigenvalue weighted by Crippen LogP contribution is 2.34. The largest absolute Gasteiger partial charge is 0.482 e. The lowest BCUT2D eigenvalue weighted by Crippen LogP contribution is -2.38. The van der Waals surface area contributed by atoms with Crippen molar-refractivity contribution >= 4 is 29.0 Å². The van der Waals surface area contributed by atoms with Gasteiger partial charge in [0.2, 0.25) is 0 Å². The molecular weight excluding hydrogens is 306 g/mol. The number of ether oxygens (including phenoxy) is 1. The molecule has 2 aromatic carbocycles. The predicted octanol–water partition coefficient (Wildman–Crippen LogP) is 3.24. The van der Waals surface area contributed by atoms with Gasteiger partial charge in [0.05, 0.1) is 5.69 Å².